The summed E-state index contributed by atoms with van der Waals surface area (Å²) in [5.41, 5.74) is 2.82. The summed E-state index contributed by atoms with van der Waals surface area (Å²) in [7, 11) is -4.04. The van der Waals surface area contributed by atoms with E-state index in [4.69, 9.17) is 28.5 Å². The number of benzene rings is 2. The fourth-order valence-electron chi connectivity index (χ4n) is 5.85. The molecule has 6 rings (SSSR count). The highest BCUT2D eigenvalue weighted by atomic mass is 28.4. The molecule has 4 heterocycles. The summed E-state index contributed by atoms with van der Waals surface area (Å²) in [6.07, 6.45) is 8.26. The highest BCUT2D eigenvalue weighted by molar-refractivity contribution is 6.75. The third-order valence-electron chi connectivity index (χ3n) is 11.4. The molecule has 6 aromatic rings. The van der Waals surface area contributed by atoms with Crippen LogP contribution in [0.4, 0.5) is 22.4 Å². The molecule has 4 aromatic heterocycles. The Hall–Kier alpha value is -5.62. The largest absolute Gasteiger partial charge is 0.544 e. The number of carbonyl (C=O) groups is 1. The van der Waals surface area contributed by atoms with E-state index in [9.17, 15) is 4.79 Å². The van der Waals surface area contributed by atoms with Gasteiger partial charge in [-0.15, -0.1) is 0 Å². The smallest absolute Gasteiger partial charge is 0.416 e. The molecule has 0 bridgehead atoms. The minimum atomic E-state index is -2.02. The highest BCUT2D eigenvalue weighted by Gasteiger charge is 2.40. The van der Waals surface area contributed by atoms with E-state index in [1.807, 2.05) is 62.1 Å². The molecule has 0 saturated heterocycles. The number of ether oxygens (including phenoxy) is 1. The van der Waals surface area contributed by atoms with Crippen molar-refractivity contribution in [1.29, 1.82) is 0 Å². The van der Waals surface area contributed by atoms with Crippen molar-refractivity contribution in [3.05, 3.63) is 90.8 Å². The Bertz CT molecular complexity index is 2460. The maximum atomic E-state index is 14.3. The van der Waals surface area contributed by atoms with Gasteiger partial charge in [0.1, 0.15) is 23.4 Å². The molecule has 2 aromatic carbocycles. The summed E-state index contributed by atoms with van der Waals surface area (Å²) in [5, 5.41) is 0.139. The highest BCUT2D eigenvalue weighted by Crippen LogP contribution is 2.39. The van der Waals surface area contributed by atoms with Crippen molar-refractivity contribution >= 4 is 62.6 Å². The van der Waals surface area contributed by atoms with Gasteiger partial charge in [0.05, 0.1) is 0 Å². The average molecular weight is 861 g/mol. The SMILES string of the molecule is CC(C)(C)OC(=O)N(CCc1ccc(O[Si](C)(C)C(C)(C)C)cc1)c1nc(N(CCc2ccc(O[Si](C)(C)C(C)(C)C)cc2)c2ncnc3nccnc23)nc2nccnc12. The van der Waals surface area contributed by atoms with E-state index in [0.717, 1.165) is 22.6 Å². The second-order valence-corrected chi connectivity index (χ2v) is 28.7. The van der Waals surface area contributed by atoms with Crippen molar-refractivity contribution < 1.29 is 18.4 Å². The number of hydrogen-bond donors (Lipinski definition) is 0. The van der Waals surface area contributed by atoms with Crippen LogP contribution in [0.15, 0.2) is 79.6 Å². The molecular weight excluding hydrogens is 801 g/mol. The minimum absolute atomic E-state index is 0.0663. The monoisotopic (exact) mass is 860 g/mol. The summed E-state index contributed by atoms with van der Waals surface area (Å²) in [4.78, 5) is 55.1. The van der Waals surface area contributed by atoms with Gasteiger partial charge >= 0.3 is 6.09 Å². The zero-order valence-corrected chi connectivity index (χ0v) is 39.9. The van der Waals surface area contributed by atoms with Gasteiger partial charge in [-0.2, -0.15) is 9.97 Å². The van der Waals surface area contributed by atoms with Crippen molar-refractivity contribution in [2.45, 2.75) is 117 Å². The van der Waals surface area contributed by atoms with Crippen LogP contribution in [0.2, 0.25) is 36.3 Å². The molecular formula is C45H60N10O4Si2. The van der Waals surface area contributed by atoms with E-state index in [-0.39, 0.29) is 28.4 Å². The average Bonchev–Trinajstić information content (AvgIpc) is 3.17. The van der Waals surface area contributed by atoms with Gasteiger partial charge in [0.15, 0.2) is 34.0 Å². The molecule has 0 unspecified atom stereocenters. The van der Waals surface area contributed by atoms with Crippen LogP contribution in [0, 0.1) is 0 Å². The molecule has 0 saturated carbocycles. The van der Waals surface area contributed by atoms with Gasteiger partial charge in [-0.05, 0) is 105 Å². The lowest BCUT2D eigenvalue weighted by Crippen LogP contribution is -2.43. The molecule has 16 heteroatoms. The standard InChI is InChI=1S/C45H60N10O4Si2/c1-43(2,3)57-42(56)55(29-23-32-16-20-34(21-17-32)59-61(12,13)45(7,8)9)40-36-38(49-27-25-47-36)52-41(53-40)54(39-35-37(50-30-51-39)48-26-24-46-35)28-22-31-14-18-33(19-15-31)58-60(10,11)44(4,5)6/h14-21,24-27,30H,22-23,28-29H2,1-13H3. The van der Waals surface area contributed by atoms with Crippen LogP contribution >= 0.6 is 0 Å². The van der Waals surface area contributed by atoms with Crippen LogP contribution in [-0.4, -0.2) is 81.3 Å². The van der Waals surface area contributed by atoms with Crippen LogP contribution in [0.1, 0.15) is 73.4 Å². The molecule has 0 aliphatic carbocycles. The molecule has 0 fully saturated rings. The number of anilines is 3. The third-order valence-corrected chi connectivity index (χ3v) is 20.1. The number of carbonyl (C=O) groups excluding carboxylic acids is 1. The molecule has 0 aliphatic heterocycles. The summed E-state index contributed by atoms with van der Waals surface area (Å²) < 4.78 is 19.1. The van der Waals surface area contributed by atoms with Gasteiger partial charge in [-0.1, -0.05) is 65.8 Å². The van der Waals surface area contributed by atoms with Crippen LogP contribution < -0.4 is 18.7 Å². The summed E-state index contributed by atoms with van der Waals surface area (Å²) in [6.45, 7) is 28.4. The maximum absolute atomic E-state index is 14.3. The van der Waals surface area contributed by atoms with E-state index in [0.29, 0.717) is 47.5 Å². The maximum Gasteiger partial charge on any atom is 0.416 e. The lowest BCUT2D eigenvalue weighted by Gasteiger charge is -2.36. The zero-order chi connectivity index (χ0) is 44.4. The Morgan fingerprint density at radius 1 is 0.574 bits per heavy atom. The van der Waals surface area contributed by atoms with Crippen LogP contribution in [0.25, 0.3) is 22.3 Å². The number of nitrogens with zero attached hydrogens (tertiary/aromatic N) is 10. The van der Waals surface area contributed by atoms with Gasteiger partial charge in [0.2, 0.25) is 22.6 Å². The van der Waals surface area contributed by atoms with Crippen LogP contribution in [-0.2, 0) is 17.6 Å². The topological polar surface area (TPSA) is 154 Å². The van der Waals surface area contributed by atoms with E-state index in [2.05, 4.69) is 105 Å². The third kappa shape index (κ3) is 10.8. The normalized spacial score (nSPS) is 12.7. The molecule has 0 aliphatic rings. The quantitative estimate of drug-likeness (QED) is 0.101. The van der Waals surface area contributed by atoms with E-state index >= 15 is 0 Å². The minimum Gasteiger partial charge on any atom is -0.544 e. The molecule has 61 heavy (non-hydrogen) atoms. The molecule has 322 valence electrons. The van der Waals surface area contributed by atoms with E-state index in [1.54, 1.807) is 24.8 Å². The summed E-state index contributed by atoms with van der Waals surface area (Å²) in [6, 6.07) is 16.3. The van der Waals surface area contributed by atoms with Crippen LogP contribution in [0.3, 0.4) is 0 Å². The first-order valence-electron chi connectivity index (χ1n) is 20.8. The second-order valence-electron chi connectivity index (χ2n) is 19.3. The molecule has 0 atom stereocenters. The van der Waals surface area contributed by atoms with Crippen LogP contribution in [0.5, 0.6) is 11.5 Å². The molecule has 1 amide bonds. The summed E-state index contributed by atoms with van der Waals surface area (Å²) in [5.74, 6) is 2.63. The number of fused-ring (bicyclic) bond motifs is 2. The Labute approximate surface area is 361 Å². The van der Waals surface area contributed by atoms with Gasteiger partial charge in [0.25, 0.3) is 0 Å². The van der Waals surface area contributed by atoms with Crippen molar-refractivity contribution in [2.75, 3.05) is 22.9 Å². The van der Waals surface area contributed by atoms with Gasteiger partial charge < -0.3 is 13.6 Å². The molecule has 0 N–H and O–H groups in total. The number of rotatable bonds is 13. The van der Waals surface area contributed by atoms with E-state index in [1.165, 1.54) is 11.2 Å². The molecule has 0 spiro atoms. The Balaban J connectivity index is 1.38. The number of amides is 1. The Morgan fingerprint density at radius 2 is 1.05 bits per heavy atom. The number of hydrogen-bond acceptors (Lipinski definition) is 13. The molecule has 0 radical (unpaired) electrons. The van der Waals surface area contributed by atoms with Crippen molar-refractivity contribution in [2.24, 2.45) is 0 Å². The predicted octanol–water partition coefficient (Wildman–Crippen LogP) is 10.3. The fourth-order valence-corrected chi connectivity index (χ4v) is 7.92. The second kappa shape index (κ2) is 17.4. The van der Waals surface area contributed by atoms with Crippen molar-refractivity contribution in [3.63, 3.8) is 0 Å². The Kier molecular flexibility index (Phi) is 12.8. The summed E-state index contributed by atoms with van der Waals surface area (Å²) >= 11 is 0. The lowest BCUT2D eigenvalue weighted by molar-refractivity contribution is 0.0580. The van der Waals surface area contributed by atoms with Gasteiger partial charge in [-0.25, -0.2) is 34.7 Å². The number of aromatic nitrogens is 8. The van der Waals surface area contributed by atoms with Crippen molar-refractivity contribution in [1.82, 2.24) is 39.9 Å². The van der Waals surface area contributed by atoms with Gasteiger partial charge in [-0.3, -0.25) is 9.80 Å². The lowest BCUT2D eigenvalue weighted by atomic mass is 10.1. The zero-order valence-electron chi connectivity index (χ0n) is 37.9. The first-order chi connectivity index (χ1) is 28.5. The van der Waals surface area contributed by atoms with Crippen molar-refractivity contribution in [3.8, 4) is 11.5 Å². The molecule has 14 nitrogen and oxygen atoms in total. The predicted molar refractivity (Wildman–Crippen MR) is 247 cm³/mol. The first-order valence-corrected chi connectivity index (χ1v) is 26.6. The Morgan fingerprint density at radius 3 is 1.56 bits per heavy atom. The first kappa shape index (κ1) is 44.9. The van der Waals surface area contributed by atoms with Gasteiger partial charge in [0, 0.05) is 37.9 Å². The fraction of sp³-hybridized carbons (Fsp3) is 0.444. The van der Waals surface area contributed by atoms with E-state index < -0.39 is 28.3 Å².